The maximum atomic E-state index is 13.6. The van der Waals surface area contributed by atoms with Gasteiger partial charge in [-0.05, 0) is 18.2 Å². The summed E-state index contributed by atoms with van der Waals surface area (Å²) >= 11 is 0. The van der Waals surface area contributed by atoms with Gasteiger partial charge in [0.2, 0.25) is 0 Å². The maximum Gasteiger partial charge on any atom is 0.416 e. The zero-order valence-corrected chi connectivity index (χ0v) is 17.3. The molecule has 1 atom stereocenters. The van der Waals surface area contributed by atoms with E-state index in [0.29, 0.717) is 6.92 Å². The van der Waals surface area contributed by atoms with Crippen LogP contribution in [0.3, 0.4) is 0 Å². The predicted molar refractivity (Wildman–Crippen MR) is 106 cm³/mol. The first kappa shape index (κ1) is 24.0. The molecule has 2 aromatic heterocycles. The summed E-state index contributed by atoms with van der Waals surface area (Å²) in [6.45, 7) is -0.606. The first-order valence-electron chi connectivity index (χ1n) is 9.42. The average Bonchev–Trinajstić information content (AvgIpc) is 3.16. The van der Waals surface area contributed by atoms with Crippen molar-refractivity contribution >= 4 is 5.91 Å². The van der Waals surface area contributed by atoms with Crippen LogP contribution in [0, 0.1) is 0 Å². The van der Waals surface area contributed by atoms with Gasteiger partial charge < -0.3 is 10.4 Å². The van der Waals surface area contributed by atoms with Crippen molar-refractivity contribution in [1.29, 1.82) is 0 Å². The van der Waals surface area contributed by atoms with Crippen LogP contribution in [0.1, 0.15) is 22.8 Å². The molecule has 2 N–H and O–H groups in total. The van der Waals surface area contributed by atoms with Gasteiger partial charge in [0.15, 0.2) is 0 Å². The van der Waals surface area contributed by atoms with Crippen LogP contribution in [0.2, 0.25) is 0 Å². The van der Waals surface area contributed by atoms with Gasteiger partial charge in [0.05, 0.1) is 30.3 Å². The van der Waals surface area contributed by atoms with E-state index in [0.717, 1.165) is 35.0 Å². The Morgan fingerprint density at radius 1 is 1.18 bits per heavy atom. The number of aliphatic hydroxyl groups excluding tert-OH is 1. The molecule has 33 heavy (non-hydrogen) atoms. The van der Waals surface area contributed by atoms with Crippen molar-refractivity contribution in [2.45, 2.75) is 25.1 Å². The van der Waals surface area contributed by atoms with Crippen LogP contribution < -0.4 is 10.9 Å². The van der Waals surface area contributed by atoms with Crippen LogP contribution in [-0.4, -0.2) is 49.1 Å². The lowest BCUT2D eigenvalue weighted by atomic mass is 10.1. The Kier molecular flexibility index (Phi) is 6.36. The summed E-state index contributed by atoms with van der Waals surface area (Å²) in [4.78, 5) is 25.6. The van der Waals surface area contributed by atoms with Crippen LogP contribution in [0.15, 0.2) is 47.5 Å². The molecule has 0 saturated carbocycles. The van der Waals surface area contributed by atoms with Gasteiger partial charge in [-0.15, -0.1) is 0 Å². The molecule has 0 radical (unpaired) electrons. The molecule has 0 bridgehead atoms. The molecule has 0 saturated heterocycles. The number of alkyl halides is 5. The van der Waals surface area contributed by atoms with Crippen LogP contribution >= 0.6 is 0 Å². The second kappa shape index (κ2) is 8.73. The fourth-order valence-corrected chi connectivity index (χ4v) is 2.89. The molecule has 3 rings (SSSR count). The molecule has 1 amide bonds. The van der Waals surface area contributed by atoms with Gasteiger partial charge in [-0.3, -0.25) is 14.3 Å². The van der Waals surface area contributed by atoms with Crippen molar-refractivity contribution in [3.05, 3.63) is 64.2 Å². The van der Waals surface area contributed by atoms with E-state index >= 15 is 0 Å². The number of hydrogen-bond acceptors (Lipinski definition) is 5. The third-order valence-electron chi connectivity index (χ3n) is 4.70. The fraction of sp³-hybridized carbons (Fsp3) is 0.300. The third-order valence-corrected chi connectivity index (χ3v) is 4.70. The minimum atomic E-state index is -4.57. The highest BCUT2D eigenvalue weighted by atomic mass is 19.4. The van der Waals surface area contributed by atoms with Crippen LogP contribution in [0.4, 0.5) is 22.0 Å². The van der Waals surface area contributed by atoms with E-state index in [9.17, 15) is 36.6 Å². The number of nitrogens with one attached hydrogen (secondary N) is 1. The van der Waals surface area contributed by atoms with Gasteiger partial charge in [-0.2, -0.15) is 28.1 Å². The molecule has 8 nitrogen and oxygen atoms in total. The van der Waals surface area contributed by atoms with E-state index in [1.54, 1.807) is 7.05 Å². The average molecular weight is 471 g/mol. The lowest BCUT2D eigenvalue weighted by molar-refractivity contribution is -0.137. The molecule has 176 valence electrons. The summed E-state index contributed by atoms with van der Waals surface area (Å²) in [6.07, 6.45) is -1.93. The SMILES string of the molecule is Cn1cc(-n2nc(-c3ccc(C(F)(F)F)cc3)cc(C(=O)N[C@H](CO)C(C)(F)F)c2=O)cn1. The number of nitrogens with zero attached hydrogens (tertiary/aromatic N) is 4. The van der Waals surface area contributed by atoms with Crippen LogP contribution in [0.5, 0.6) is 0 Å². The summed E-state index contributed by atoms with van der Waals surface area (Å²) in [6, 6.07) is 2.81. The van der Waals surface area contributed by atoms with E-state index in [1.807, 2.05) is 5.32 Å². The normalized spacial score (nSPS) is 13.1. The van der Waals surface area contributed by atoms with Gasteiger partial charge in [-0.1, -0.05) is 12.1 Å². The van der Waals surface area contributed by atoms with E-state index in [4.69, 9.17) is 0 Å². The Hall–Kier alpha value is -3.61. The lowest BCUT2D eigenvalue weighted by Crippen LogP contribution is -2.49. The highest BCUT2D eigenvalue weighted by Gasteiger charge is 2.35. The maximum absolute atomic E-state index is 13.6. The van der Waals surface area contributed by atoms with Gasteiger partial charge in [-0.25, -0.2) is 8.78 Å². The molecule has 0 aliphatic carbocycles. The number of hydrogen-bond donors (Lipinski definition) is 2. The monoisotopic (exact) mass is 471 g/mol. The molecule has 0 unspecified atom stereocenters. The largest absolute Gasteiger partial charge is 0.416 e. The Labute approximate surface area is 183 Å². The summed E-state index contributed by atoms with van der Waals surface area (Å²) in [5.41, 5.74) is -2.31. The van der Waals surface area contributed by atoms with Crippen molar-refractivity contribution in [1.82, 2.24) is 24.9 Å². The number of halogens is 5. The standard InChI is InChI=1S/C20H18F5N5O3/c1-19(21,22)16(10-31)27-17(32)14-7-15(11-3-5-12(6-4-11)20(23,24)25)28-30(18(14)33)13-8-26-29(2)9-13/h3-9,16,31H,10H2,1-2H3,(H,27,32)/t16-/m1/s1. The fourth-order valence-electron chi connectivity index (χ4n) is 2.89. The van der Waals surface area contributed by atoms with Crippen molar-refractivity contribution < 1.29 is 31.9 Å². The Balaban J connectivity index is 2.13. The summed E-state index contributed by atoms with van der Waals surface area (Å²) < 4.78 is 68.0. The Morgan fingerprint density at radius 3 is 2.30 bits per heavy atom. The van der Waals surface area contributed by atoms with Gasteiger partial charge in [0.25, 0.3) is 17.4 Å². The Morgan fingerprint density at radius 2 is 1.82 bits per heavy atom. The number of aliphatic hydroxyl groups is 1. The van der Waals surface area contributed by atoms with Crippen molar-refractivity contribution in [2.75, 3.05) is 6.61 Å². The molecule has 13 heteroatoms. The summed E-state index contributed by atoms with van der Waals surface area (Å²) in [5, 5.41) is 19.1. The second-order valence-corrected chi connectivity index (χ2v) is 7.27. The number of rotatable bonds is 6. The minimum absolute atomic E-state index is 0.0684. The zero-order chi connectivity index (χ0) is 24.6. The number of aryl methyl sites for hydroxylation is 1. The number of amides is 1. The molecule has 0 aliphatic rings. The number of carbonyl (C=O) groups excluding carboxylic acids is 1. The first-order valence-corrected chi connectivity index (χ1v) is 9.42. The zero-order valence-electron chi connectivity index (χ0n) is 17.3. The molecule has 1 aromatic carbocycles. The first-order chi connectivity index (χ1) is 15.3. The predicted octanol–water partition coefficient (Wildman–Crippen LogP) is 2.40. The smallest absolute Gasteiger partial charge is 0.394 e. The number of benzene rings is 1. The Bertz CT molecular complexity index is 1210. The quantitative estimate of drug-likeness (QED) is 0.538. The molecule has 0 aliphatic heterocycles. The topological polar surface area (TPSA) is 102 Å². The van der Waals surface area contributed by atoms with Crippen LogP contribution in [-0.2, 0) is 13.2 Å². The molecular weight excluding hydrogens is 453 g/mol. The summed E-state index contributed by atoms with van der Waals surface area (Å²) in [7, 11) is 1.55. The second-order valence-electron chi connectivity index (χ2n) is 7.27. The highest BCUT2D eigenvalue weighted by molar-refractivity contribution is 5.95. The lowest BCUT2D eigenvalue weighted by Gasteiger charge is -2.22. The van der Waals surface area contributed by atoms with Gasteiger partial charge >= 0.3 is 6.18 Å². The van der Waals surface area contributed by atoms with Crippen molar-refractivity contribution in [2.24, 2.45) is 7.05 Å². The third kappa shape index (κ3) is 5.25. The van der Waals surface area contributed by atoms with Gasteiger partial charge in [0.1, 0.15) is 17.3 Å². The molecule has 0 fully saturated rings. The van der Waals surface area contributed by atoms with Crippen molar-refractivity contribution in [3.8, 4) is 16.9 Å². The molecule has 0 spiro atoms. The number of aromatic nitrogens is 4. The van der Waals surface area contributed by atoms with E-state index < -0.39 is 47.3 Å². The van der Waals surface area contributed by atoms with E-state index in [-0.39, 0.29) is 16.9 Å². The minimum Gasteiger partial charge on any atom is -0.394 e. The number of carbonyl (C=O) groups is 1. The highest BCUT2D eigenvalue weighted by Crippen LogP contribution is 2.30. The van der Waals surface area contributed by atoms with E-state index in [1.165, 1.54) is 17.1 Å². The molecule has 3 aromatic rings. The van der Waals surface area contributed by atoms with Crippen molar-refractivity contribution in [3.63, 3.8) is 0 Å². The van der Waals surface area contributed by atoms with Crippen LogP contribution in [0.25, 0.3) is 16.9 Å². The molecule has 2 heterocycles. The van der Waals surface area contributed by atoms with E-state index in [2.05, 4.69) is 10.2 Å². The molecular formula is C20H18F5N5O3. The van der Waals surface area contributed by atoms with Gasteiger partial charge in [0, 0.05) is 19.5 Å². The summed E-state index contributed by atoms with van der Waals surface area (Å²) in [5.74, 6) is -4.70.